The molecule has 1 aliphatic heterocycles. The van der Waals surface area contributed by atoms with Crippen LogP contribution in [0.25, 0.3) is 11.0 Å². The van der Waals surface area contributed by atoms with Gasteiger partial charge in [-0.05, 0) is 18.6 Å². The fraction of sp³-hybridized carbons (Fsp3) is 0.526. The Morgan fingerprint density at radius 1 is 1.21 bits per heavy atom. The van der Waals surface area contributed by atoms with Crippen LogP contribution in [0.3, 0.4) is 0 Å². The predicted octanol–water partition coefficient (Wildman–Crippen LogP) is 3.75. The zero-order chi connectivity index (χ0) is 16.8. The van der Waals surface area contributed by atoms with Crippen molar-refractivity contribution in [1.29, 1.82) is 0 Å². The number of hydrogen-bond acceptors (Lipinski definition) is 4. The summed E-state index contributed by atoms with van der Waals surface area (Å²) in [6.45, 7) is 3.50. The number of fused-ring (bicyclic) bond motifs is 1. The first kappa shape index (κ1) is 16.7. The van der Waals surface area contributed by atoms with Gasteiger partial charge >= 0.3 is 0 Å². The molecule has 128 valence electrons. The number of hydrogen-bond donors (Lipinski definition) is 0. The van der Waals surface area contributed by atoms with Gasteiger partial charge in [-0.2, -0.15) is 0 Å². The number of aliphatic imine (C=N–C) groups is 1. The summed E-state index contributed by atoms with van der Waals surface area (Å²) in [5.74, 6) is 1.45. The van der Waals surface area contributed by atoms with E-state index in [1.165, 1.54) is 32.1 Å². The molecule has 2 heterocycles. The molecule has 5 nitrogen and oxygen atoms in total. The maximum Gasteiger partial charge on any atom is 0.219 e. The third-order valence-electron chi connectivity index (χ3n) is 4.46. The minimum atomic E-state index is 0.603. The van der Waals surface area contributed by atoms with E-state index in [9.17, 15) is 4.79 Å². The molecular formula is C19H25N3O2. The summed E-state index contributed by atoms with van der Waals surface area (Å²) in [5.41, 5.74) is 2.51. The van der Waals surface area contributed by atoms with Crippen molar-refractivity contribution in [2.24, 2.45) is 4.99 Å². The molecule has 0 spiro atoms. The Balaban J connectivity index is 1.79. The maximum atomic E-state index is 11.7. The van der Waals surface area contributed by atoms with E-state index < -0.39 is 0 Å². The summed E-state index contributed by atoms with van der Waals surface area (Å²) < 4.78 is 7.25. The topological polar surface area (TPSA) is 56.5 Å². The van der Waals surface area contributed by atoms with E-state index >= 15 is 0 Å². The van der Waals surface area contributed by atoms with Gasteiger partial charge in [0.2, 0.25) is 12.3 Å². The highest BCUT2D eigenvalue weighted by Gasteiger charge is 2.19. The number of imidazole rings is 1. The van der Waals surface area contributed by atoms with Crippen molar-refractivity contribution in [2.75, 3.05) is 13.2 Å². The van der Waals surface area contributed by atoms with Crippen molar-refractivity contribution in [2.45, 2.75) is 51.9 Å². The van der Waals surface area contributed by atoms with Crippen LogP contribution in [-0.2, 0) is 16.0 Å². The first-order chi connectivity index (χ1) is 11.8. The molecule has 3 rings (SSSR count). The number of carbonyl (C=O) groups excluding carboxylic acids is 1. The van der Waals surface area contributed by atoms with E-state index in [0.717, 1.165) is 41.7 Å². The quantitative estimate of drug-likeness (QED) is 0.520. The molecule has 0 bridgehead atoms. The Morgan fingerprint density at radius 3 is 2.79 bits per heavy atom. The molecule has 0 saturated carbocycles. The third-order valence-corrected chi connectivity index (χ3v) is 4.46. The number of carbonyl (C=O) groups is 1. The summed E-state index contributed by atoms with van der Waals surface area (Å²) in [4.78, 5) is 20.7. The summed E-state index contributed by atoms with van der Waals surface area (Å²) in [5, 5.41) is 0. The normalized spacial score (nSPS) is 14.0. The van der Waals surface area contributed by atoms with E-state index in [4.69, 9.17) is 4.74 Å². The Hall–Kier alpha value is -2.17. The highest BCUT2D eigenvalue weighted by Crippen LogP contribution is 2.23. The van der Waals surface area contributed by atoms with Gasteiger partial charge in [-0.25, -0.2) is 9.98 Å². The van der Waals surface area contributed by atoms with Crippen LogP contribution in [0.2, 0.25) is 0 Å². The highest BCUT2D eigenvalue weighted by atomic mass is 16.5. The second-order valence-electron chi connectivity index (χ2n) is 6.23. The number of ether oxygens (including phenoxy) is 1. The Morgan fingerprint density at radius 2 is 2.04 bits per heavy atom. The largest absolute Gasteiger partial charge is 0.475 e. The summed E-state index contributed by atoms with van der Waals surface area (Å²) in [7, 11) is 0. The lowest BCUT2D eigenvalue weighted by Crippen LogP contribution is -2.07. The van der Waals surface area contributed by atoms with Crippen LogP contribution in [0.1, 0.15) is 56.8 Å². The van der Waals surface area contributed by atoms with Crippen molar-refractivity contribution in [1.82, 2.24) is 9.55 Å². The van der Waals surface area contributed by atoms with Crippen LogP contribution in [0.5, 0.6) is 0 Å². The second kappa shape index (κ2) is 8.08. The lowest BCUT2D eigenvalue weighted by molar-refractivity contribution is 0.348. The van der Waals surface area contributed by atoms with Crippen molar-refractivity contribution in [3.63, 3.8) is 0 Å². The Labute approximate surface area is 142 Å². The molecule has 0 N–H and O–H groups in total. The lowest BCUT2D eigenvalue weighted by atomic mass is 10.1. The Bertz CT molecular complexity index is 734. The molecular weight excluding hydrogens is 302 g/mol. The van der Waals surface area contributed by atoms with Gasteiger partial charge in [-0.15, -0.1) is 0 Å². The van der Waals surface area contributed by atoms with E-state index in [2.05, 4.69) is 16.9 Å². The summed E-state index contributed by atoms with van der Waals surface area (Å²) >= 11 is 0. The zero-order valence-corrected chi connectivity index (χ0v) is 14.3. The van der Waals surface area contributed by atoms with Gasteiger partial charge in [-0.1, -0.05) is 45.1 Å². The first-order valence-corrected chi connectivity index (χ1v) is 8.98. The smallest absolute Gasteiger partial charge is 0.219 e. The predicted molar refractivity (Wildman–Crippen MR) is 96.3 cm³/mol. The fourth-order valence-electron chi connectivity index (χ4n) is 3.22. The monoisotopic (exact) mass is 327 g/mol. The SMILES string of the molecule is CCCCCCCCc1nc2cccc(C3=NCCO3)c2n1C=O. The standard InChI is InChI=1S/C19H25N3O2/c1-2-3-4-5-6-7-11-17-21-16-10-8-9-15(18(16)22(17)14-23)19-20-12-13-24-19/h8-10,14H,2-7,11-13H2,1H3. The molecule has 0 aliphatic carbocycles. The van der Waals surface area contributed by atoms with Crippen LogP contribution in [0.15, 0.2) is 23.2 Å². The van der Waals surface area contributed by atoms with Gasteiger partial charge in [-0.3, -0.25) is 9.36 Å². The van der Waals surface area contributed by atoms with Gasteiger partial charge in [0.15, 0.2) is 0 Å². The average molecular weight is 327 g/mol. The number of rotatable bonds is 9. The van der Waals surface area contributed by atoms with E-state index in [0.29, 0.717) is 19.0 Å². The van der Waals surface area contributed by atoms with Crippen LogP contribution in [0.4, 0.5) is 0 Å². The highest BCUT2D eigenvalue weighted by molar-refractivity contribution is 6.06. The molecule has 0 atom stereocenters. The fourth-order valence-corrected chi connectivity index (χ4v) is 3.22. The van der Waals surface area contributed by atoms with Gasteiger partial charge in [0.1, 0.15) is 12.4 Å². The van der Waals surface area contributed by atoms with Crippen molar-refractivity contribution < 1.29 is 9.53 Å². The number of unbranched alkanes of at least 4 members (excludes halogenated alkanes) is 5. The van der Waals surface area contributed by atoms with Crippen LogP contribution in [0, 0.1) is 0 Å². The molecule has 0 saturated heterocycles. The summed E-state index contributed by atoms with van der Waals surface area (Å²) in [6, 6.07) is 5.83. The van der Waals surface area contributed by atoms with E-state index in [1.54, 1.807) is 4.57 Å². The molecule has 0 fully saturated rings. The number of aryl methyl sites for hydroxylation is 1. The van der Waals surface area contributed by atoms with E-state index in [1.807, 2.05) is 18.2 Å². The maximum absolute atomic E-state index is 11.7. The lowest BCUT2D eigenvalue weighted by Gasteiger charge is -2.06. The number of para-hydroxylation sites is 1. The molecule has 24 heavy (non-hydrogen) atoms. The molecule has 0 unspecified atom stereocenters. The van der Waals surface area contributed by atoms with Crippen LogP contribution < -0.4 is 0 Å². The van der Waals surface area contributed by atoms with Gasteiger partial charge in [0.05, 0.1) is 23.1 Å². The zero-order valence-electron chi connectivity index (χ0n) is 14.3. The molecule has 2 aromatic rings. The first-order valence-electron chi connectivity index (χ1n) is 8.98. The number of benzene rings is 1. The van der Waals surface area contributed by atoms with Gasteiger partial charge in [0, 0.05) is 6.42 Å². The van der Waals surface area contributed by atoms with Gasteiger partial charge in [0.25, 0.3) is 0 Å². The van der Waals surface area contributed by atoms with Crippen molar-refractivity contribution >= 4 is 23.3 Å². The number of nitrogens with zero attached hydrogens (tertiary/aromatic N) is 3. The Kier molecular flexibility index (Phi) is 5.62. The molecule has 1 aliphatic rings. The average Bonchev–Trinajstić information content (AvgIpc) is 3.24. The molecule has 0 radical (unpaired) electrons. The molecule has 0 amide bonds. The van der Waals surface area contributed by atoms with Crippen molar-refractivity contribution in [3.8, 4) is 0 Å². The second-order valence-corrected chi connectivity index (χ2v) is 6.23. The van der Waals surface area contributed by atoms with Crippen LogP contribution >= 0.6 is 0 Å². The minimum absolute atomic E-state index is 0.603. The third kappa shape index (κ3) is 3.50. The van der Waals surface area contributed by atoms with Gasteiger partial charge < -0.3 is 4.74 Å². The van der Waals surface area contributed by atoms with Crippen LogP contribution in [-0.4, -0.2) is 35.0 Å². The van der Waals surface area contributed by atoms with E-state index in [-0.39, 0.29) is 0 Å². The molecule has 1 aromatic carbocycles. The molecule has 1 aromatic heterocycles. The number of aromatic nitrogens is 2. The molecule has 5 heteroatoms. The summed E-state index contributed by atoms with van der Waals surface area (Å²) in [6.07, 6.45) is 9.05. The van der Waals surface area contributed by atoms with Crippen molar-refractivity contribution in [3.05, 3.63) is 29.6 Å². The minimum Gasteiger partial charge on any atom is -0.475 e.